The normalized spacial score (nSPS) is 13.0. The van der Waals surface area contributed by atoms with Gasteiger partial charge in [-0.15, -0.1) is 0 Å². The van der Waals surface area contributed by atoms with E-state index in [-0.39, 0.29) is 4.90 Å². The van der Waals surface area contributed by atoms with Gasteiger partial charge < -0.3 is 0 Å². The molecule has 0 spiro atoms. The maximum Gasteiger partial charge on any atom is 0.262 e. The first kappa shape index (κ1) is 13.4. The molecule has 0 atom stereocenters. The lowest BCUT2D eigenvalue weighted by atomic mass is 10.4. The Balaban J connectivity index is 3.61. The van der Waals surface area contributed by atoms with Gasteiger partial charge in [0, 0.05) is 24.8 Å². The molecule has 0 aliphatic carbocycles. The molecule has 1 aromatic carbocycles. The van der Waals surface area contributed by atoms with Crippen molar-refractivity contribution in [3.8, 4) is 0 Å². The third kappa shape index (κ3) is 2.54. The van der Waals surface area contributed by atoms with Gasteiger partial charge >= 0.3 is 0 Å². The van der Waals surface area contributed by atoms with Crippen molar-refractivity contribution in [3.63, 3.8) is 0 Å². The topological polar surface area (TPSA) is 71.5 Å². The molecule has 0 saturated carbocycles. The molecule has 0 radical (unpaired) electrons. The molecular formula is C8H10ClNO4S2. The van der Waals surface area contributed by atoms with Crippen molar-refractivity contribution in [2.24, 2.45) is 0 Å². The quantitative estimate of drug-likeness (QED) is 0.772. The zero-order chi connectivity index (χ0) is 12.6. The third-order valence-corrected chi connectivity index (χ3v) is 5.25. The largest absolute Gasteiger partial charge is 0.262 e. The summed E-state index contributed by atoms with van der Waals surface area (Å²) in [7, 11) is -0.116. The summed E-state index contributed by atoms with van der Waals surface area (Å²) in [5.41, 5.74) is 0. The molecule has 0 aromatic heterocycles. The highest BCUT2D eigenvalue weighted by Gasteiger charge is 2.26. The molecule has 0 unspecified atom stereocenters. The van der Waals surface area contributed by atoms with Crippen LogP contribution in [0.4, 0.5) is 0 Å². The summed E-state index contributed by atoms with van der Waals surface area (Å²) in [6.07, 6.45) is 0. The fourth-order valence-corrected chi connectivity index (χ4v) is 3.76. The summed E-state index contributed by atoms with van der Waals surface area (Å²) in [4.78, 5) is -0.736. The van der Waals surface area contributed by atoms with E-state index in [4.69, 9.17) is 10.7 Å². The summed E-state index contributed by atoms with van der Waals surface area (Å²) in [5.74, 6) is 0. The number of rotatable bonds is 3. The molecular weight excluding hydrogens is 274 g/mol. The average molecular weight is 284 g/mol. The maximum atomic E-state index is 11.8. The Hall–Kier alpha value is -0.630. The Morgan fingerprint density at radius 2 is 1.44 bits per heavy atom. The number of hydrogen-bond donors (Lipinski definition) is 0. The lowest BCUT2D eigenvalue weighted by Crippen LogP contribution is -2.23. The van der Waals surface area contributed by atoms with Crippen molar-refractivity contribution in [1.29, 1.82) is 0 Å². The lowest BCUT2D eigenvalue weighted by Gasteiger charge is -2.13. The minimum Gasteiger partial charge on any atom is -0.207 e. The second kappa shape index (κ2) is 4.33. The van der Waals surface area contributed by atoms with E-state index in [9.17, 15) is 16.8 Å². The number of hydrogen-bond acceptors (Lipinski definition) is 4. The van der Waals surface area contributed by atoms with E-state index in [1.54, 1.807) is 0 Å². The number of sulfonamides is 1. The monoisotopic (exact) mass is 283 g/mol. The molecule has 0 heterocycles. The zero-order valence-electron chi connectivity index (χ0n) is 8.58. The van der Waals surface area contributed by atoms with E-state index >= 15 is 0 Å². The van der Waals surface area contributed by atoms with Crippen LogP contribution >= 0.6 is 10.7 Å². The van der Waals surface area contributed by atoms with Crippen molar-refractivity contribution in [2.75, 3.05) is 14.1 Å². The standard InChI is InChI=1S/C8H10ClNO4S2/c1-10(2)16(13,14)8-6-4-3-5-7(8)15(9,11)12/h3-6H,1-2H3. The fourth-order valence-electron chi connectivity index (χ4n) is 1.06. The number of nitrogens with zero attached hydrogens (tertiary/aromatic N) is 1. The van der Waals surface area contributed by atoms with Crippen LogP contribution in [0.25, 0.3) is 0 Å². The van der Waals surface area contributed by atoms with Crippen LogP contribution in [0.1, 0.15) is 0 Å². The summed E-state index contributed by atoms with van der Waals surface area (Å²) < 4.78 is 46.9. The van der Waals surface area contributed by atoms with E-state index < -0.39 is 24.0 Å². The minimum atomic E-state index is -4.08. The summed E-state index contributed by atoms with van der Waals surface area (Å²) in [6, 6.07) is 5.19. The molecule has 5 nitrogen and oxygen atoms in total. The van der Waals surface area contributed by atoms with Gasteiger partial charge in [0.15, 0.2) is 0 Å². The SMILES string of the molecule is CN(C)S(=O)(=O)c1ccccc1S(=O)(=O)Cl. The molecule has 0 bridgehead atoms. The highest BCUT2D eigenvalue weighted by Crippen LogP contribution is 2.25. The predicted molar refractivity (Wildman–Crippen MR) is 60.4 cm³/mol. The van der Waals surface area contributed by atoms with Crippen molar-refractivity contribution < 1.29 is 16.8 Å². The molecule has 16 heavy (non-hydrogen) atoms. The van der Waals surface area contributed by atoms with Gasteiger partial charge in [-0.3, -0.25) is 0 Å². The smallest absolute Gasteiger partial charge is 0.207 e. The Labute approximate surface area is 99.1 Å². The van der Waals surface area contributed by atoms with Crippen LogP contribution in [0.15, 0.2) is 34.1 Å². The van der Waals surface area contributed by atoms with Gasteiger partial charge in [0.25, 0.3) is 9.05 Å². The van der Waals surface area contributed by atoms with Gasteiger partial charge in [-0.25, -0.2) is 21.1 Å². The Kier molecular flexibility index (Phi) is 3.63. The van der Waals surface area contributed by atoms with E-state index in [2.05, 4.69) is 0 Å². The molecule has 0 saturated heterocycles. The number of halogens is 1. The van der Waals surface area contributed by atoms with E-state index in [1.165, 1.54) is 32.3 Å². The lowest BCUT2D eigenvalue weighted by molar-refractivity contribution is 0.517. The van der Waals surface area contributed by atoms with Gasteiger partial charge in [-0.05, 0) is 12.1 Å². The average Bonchev–Trinajstić information content (AvgIpc) is 2.16. The first-order valence-electron chi connectivity index (χ1n) is 4.13. The third-order valence-electron chi connectivity index (χ3n) is 1.87. The second-order valence-electron chi connectivity index (χ2n) is 3.17. The molecule has 0 amide bonds. The van der Waals surface area contributed by atoms with E-state index in [0.717, 1.165) is 10.4 Å². The fraction of sp³-hybridized carbons (Fsp3) is 0.250. The van der Waals surface area contributed by atoms with Gasteiger partial charge in [0.1, 0.15) is 9.79 Å². The highest BCUT2D eigenvalue weighted by atomic mass is 35.7. The summed E-state index contributed by atoms with van der Waals surface area (Å²) >= 11 is 0. The zero-order valence-corrected chi connectivity index (χ0v) is 11.0. The maximum absolute atomic E-state index is 11.8. The molecule has 0 fully saturated rings. The molecule has 0 aliphatic rings. The van der Waals surface area contributed by atoms with Crippen LogP contribution in [0.5, 0.6) is 0 Å². The van der Waals surface area contributed by atoms with E-state index in [0.29, 0.717) is 0 Å². The van der Waals surface area contributed by atoms with Crippen LogP contribution in [0.3, 0.4) is 0 Å². The minimum absolute atomic E-state index is 0.324. The Morgan fingerprint density at radius 1 is 1.00 bits per heavy atom. The Bertz CT molecular complexity index is 592. The van der Waals surface area contributed by atoms with Gasteiger partial charge in [0.2, 0.25) is 10.0 Å². The van der Waals surface area contributed by atoms with Crippen molar-refractivity contribution in [2.45, 2.75) is 9.79 Å². The van der Waals surface area contributed by atoms with Crippen LogP contribution < -0.4 is 0 Å². The van der Waals surface area contributed by atoms with Crippen molar-refractivity contribution >= 4 is 29.8 Å². The number of benzene rings is 1. The van der Waals surface area contributed by atoms with Gasteiger partial charge in [-0.1, -0.05) is 12.1 Å². The first-order valence-corrected chi connectivity index (χ1v) is 7.88. The van der Waals surface area contributed by atoms with Gasteiger partial charge in [-0.2, -0.15) is 0 Å². The summed E-state index contributed by atoms with van der Waals surface area (Å²) in [5, 5.41) is 0. The first-order chi connectivity index (χ1) is 7.17. The molecule has 0 N–H and O–H groups in total. The van der Waals surface area contributed by atoms with Crippen LogP contribution in [0, 0.1) is 0 Å². The van der Waals surface area contributed by atoms with E-state index in [1.807, 2.05) is 0 Å². The second-order valence-corrected chi connectivity index (χ2v) is 7.83. The molecule has 90 valence electrons. The van der Waals surface area contributed by atoms with Crippen molar-refractivity contribution in [3.05, 3.63) is 24.3 Å². The molecule has 0 aliphatic heterocycles. The molecule has 1 aromatic rings. The summed E-state index contributed by atoms with van der Waals surface area (Å²) in [6.45, 7) is 0. The van der Waals surface area contributed by atoms with Crippen LogP contribution in [-0.4, -0.2) is 35.2 Å². The van der Waals surface area contributed by atoms with Crippen molar-refractivity contribution in [1.82, 2.24) is 4.31 Å². The molecule has 1 rings (SSSR count). The predicted octanol–water partition coefficient (Wildman–Crippen LogP) is 0.864. The highest BCUT2D eigenvalue weighted by molar-refractivity contribution is 8.14. The van der Waals surface area contributed by atoms with Crippen LogP contribution in [0.2, 0.25) is 0 Å². The van der Waals surface area contributed by atoms with Crippen LogP contribution in [-0.2, 0) is 19.1 Å². The Morgan fingerprint density at radius 3 is 1.81 bits per heavy atom. The van der Waals surface area contributed by atoms with Gasteiger partial charge in [0.05, 0.1) is 0 Å². The molecule has 8 heteroatoms.